The van der Waals surface area contributed by atoms with E-state index in [9.17, 15) is 0 Å². The second-order valence-electron chi connectivity index (χ2n) is 3.80. The van der Waals surface area contributed by atoms with Crippen molar-refractivity contribution in [2.24, 2.45) is 0 Å². The molecule has 1 aliphatic heterocycles. The van der Waals surface area contributed by atoms with Crippen molar-refractivity contribution < 1.29 is 0 Å². The normalized spacial score (nSPS) is 14.1. The Hall–Kier alpha value is -2.10. The number of aromatic nitrogens is 2. The molecule has 1 aromatic carbocycles. The summed E-state index contributed by atoms with van der Waals surface area (Å²) in [6.45, 7) is 0.795. The van der Waals surface area contributed by atoms with Crippen LogP contribution in [0.15, 0.2) is 42.7 Å². The molecule has 3 rings (SSSR count). The minimum Gasteiger partial charge on any atom is -0.355 e. The molecular formula is C12H12N4. The summed E-state index contributed by atoms with van der Waals surface area (Å²) in [6.07, 6.45) is 3.53. The highest BCUT2D eigenvalue weighted by Gasteiger charge is 2.25. The van der Waals surface area contributed by atoms with Gasteiger partial charge in [-0.05, 0) is 18.2 Å². The highest BCUT2D eigenvalue weighted by Crippen LogP contribution is 2.37. The third-order valence-corrected chi connectivity index (χ3v) is 2.73. The predicted octanol–water partition coefficient (Wildman–Crippen LogP) is 2.02. The number of rotatable bonds is 1. The number of hydrogen-bond donors (Lipinski definition) is 0. The van der Waals surface area contributed by atoms with Crippen LogP contribution in [0, 0.1) is 0 Å². The van der Waals surface area contributed by atoms with Crippen LogP contribution in [0.2, 0.25) is 0 Å². The lowest BCUT2D eigenvalue weighted by molar-refractivity contribution is 0.908. The van der Waals surface area contributed by atoms with Gasteiger partial charge in [0.25, 0.3) is 0 Å². The number of benzene rings is 1. The molecule has 0 N–H and O–H groups in total. The van der Waals surface area contributed by atoms with E-state index in [0.717, 1.165) is 18.3 Å². The third kappa shape index (κ3) is 1.31. The van der Waals surface area contributed by atoms with Gasteiger partial charge in [-0.2, -0.15) is 0 Å². The topological polar surface area (TPSA) is 32.3 Å². The Kier molecular flexibility index (Phi) is 1.99. The first-order chi connectivity index (χ1) is 7.86. The highest BCUT2D eigenvalue weighted by molar-refractivity contribution is 5.79. The molecule has 0 atom stereocenters. The molecule has 4 nitrogen and oxygen atoms in total. The SMILES string of the molecule is CN1CN(c2ncccn2)c2ccccc21. The van der Waals surface area contributed by atoms with E-state index in [1.165, 1.54) is 5.69 Å². The monoisotopic (exact) mass is 212 g/mol. The lowest BCUT2D eigenvalue weighted by Crippen LogP contribution is -2.25. The van der Waals surface area contributed by atoms with Gasteiger partial charge in [0.2, 0.25) is 5.95 Å². The zero-order chi connectivity index (χ0) is 11.0. The van der Waals surface area contributed by atoms with Crippen LogP contribution >= 0.6 is 0 Å². The second kappa shape index (κ2) is 3.48. The molecule has 0 saturated carbocycles. The fourth-order valence-electron chi connectivity index (χ4n) is 1.98. The quantitative estimate of drug-likeness (QED) is 0.724. The maximum absolute atomic E-state index is 4.28. The summed E-state index contributed by atoms with van der Waals surface area (Å²) in [6, 6.07) is 10.1. The number of hydrogen-bond acceptors (Lipinski definition) is 4. The standard InChI is InChI=1S/C12H12N4/c1-15-9-16(12-13-7-4-8-14-12)11-6-3-2-5-10(11)15/h2-8H,9H2,1H3. The molecule has 0 unspecified atom stereocenters. The van der Waals surface area contributed by atoms with Crippen molar-refractivity contribution in [2.75, 3.05) is 23.5 Å². The Labute approximate surface area is 94.2 Å². The first-order valence-corrected chi connectivity index (χ1v) is 5.21. The van der Waals surface area contributed by atoms with Crippen LogP contribution in [0.5, 0.6) is 0 Å². The largest absolute Gasteiger partial charge is 0.355 e. The van der Waals surface area contributed by atoms with Crippen LogP contribution in [-0.4, -0.2) is 23.7 Å². The summed E-state index contributed by atoms with van der Waals surface area (Å²) in [7, 11) is 2.07. The van der Waals surface area contributed by atoms with Crippen molar-refractivity contribution in [3.63, 3.8) is 0 Å². The van der Waals surface area contributed by atoms with Gasteiger partial charge in [0.05, 0.1) is 18.0 Å². The van der Waals surface area contributed by atoms with Crippen molar-refractivity contribution in [1.82, 2.24) is 9.97 Å². The smallest absolute Gasteiger partial charge is 0.231 e. The molecule has 0 amide bonds. The van der Waals surface area contributed by atoms with Gasteiger partial charge in [-0.15, -0.1) is 0 Å². The zero-order valence-electron chi connectivity index (χ0n) is 9.04. The molecule has 4 heteroatoms. The molecule has 0 bridgehead atoms. The molecule has 0 fully saturated rings. The van der Waals surface area contributed by atoms with Gasteiger partial charge in [0.1, 0.15) is 0 Å². The Morgan fingerprint density at radius 3 is 2.44 bits per heavy atom. The minimum atomic E-state index is 0.749. The molecule has 2 heterocycles. The van der Waals surface area contributed by atoms with Gasteiger partial charge >= 0.3 is 0 Å². The Bertz CT molecular complexity index is 497. The van der Waals surface area contributed by atoms with Crippen LogP contribution in [0.1, 0.15) is 0 Å². The Morgan fingerprint density at radius 1 is 1.00 bits per heavy atom. The van der Waals surface area contributed by atoms with Crippen molar-refractivity contribution in [3.8, 4) is 0 Å². The molecule has 80 valence electrons. The summed E-state index contributed by atoms with van der Waals surface area (Å²) >= 11 is 0. The molecule has 1 aromatic heterocycles. The lowest BCUT2D eigenvalue weighted by Gasteiger charge is -2.16. The van der Waals surface area contributed by atoms with Crippen LogP contribution in [-0.2, 0) is 0 Å². The Balaban J connectivity index is 2.07. The van der Waals surface area contributed by atoms with Gasteiger partial charge in [0, 0.05) is 19.4 Å². The van der Waals surface area contributed by atoms with Crippen LogP contribution in [0.3, 0.4) is 0 Å². The average molecular weight is 212 g/mol. The number of para-hydroxylation sites is 2. The molecule has 0 spiro atoms. The van der Waals surface area contributed by atoms with E-state index < -0.39 is 0 Å². The molecule has 0 aliphatic carbocycles. The first-order valence-electron chi connectivity index (χ1n) is 5.21. The summed E-state index contributed by atoms with van der Waals surface area (Å²) in [5, 5.41) is 0. The fourth-order valence-corrected chi connectivity index (χ4v) is 1.98. The van der Waals surface area contributed by atoms with E-state index in [-0.39, 0.29) is 0 Å². The van der Waals surface area contributed by atoms with Crippen molar-refractivity contribution >= 4 is 17.3 Å². The second-order valence-corrected chi connectivity index (χ2v) is 3.80. The number of fused-ring (bicyclic) bond motifs is 1. The lowest BCUT2D eigenvalue weighted by atomic mass is 10.2. The van der Waals surface area contributed by atoms with E-state index in [4.69, 9.17) is 0 Å². The Morgan fingerprint density at radius 2 is 1.69 bits per heavy atom. The number of nitrogens with zero attached hydrogens (tertiary/aromatic N) is 4. The fraction of sp³-hybridized carbons (Fsp3) is 0.167. The van der Waals surface area contributed by atoms with Crippen LogP contribution in [0.25, 0.3) is 0 Å². The molecule has 0 radical (unpaired) electrons. The highest BCUT2D eigenvalue weighted by atomic mass is 15.4. The summed E-state index contributed by atoms with van der Waals surface area (Å²) in [5.74, 6) is 0.749. The summed E-state index contributed by atoms with van der Waals surface area (Å²) in [4.78, 5) is 12.9. The number of anilines is 3. The van der Waals surface area contributed by atoms with Gasteiger partial charge in [-0.25, -0.2) is 9.97 Å². The molecule has 1 aliphatic rings. The van der Waals surface area contributed by atoms with Crippen LogP contribution in [0.4, 0.5) is 17.3 Å². The van der Waals surface area contributed by atoms with E-state index >= 15 is 0 Å². The van der Waals surface area contributed by atoms with Crippen molar-refractivity contribution in [3.05, 3.63) is 42.7 Å². The summed E-state index contributed by atoms with van der Waals surface area (Å²) < 4.78 is 0. The predicted molar refractivity (Wildman–Crippen MR) is 63.9 cm³/mol. The third-order valence-electron chi connectivity index (χ3n) is 2.73. The zero-order valence-corrected chi connectivity index (χ0v) is 9.04. The van der Waals surface area contributed by atoms with E-state index in [1.807, 2.05) is 18.2 Å². The van der Waals surface area contributed by atoms with Crippen molar-refractivity contribution in [1.29, 1.82) is 0 Å². The summed E-state index contributed by atoms with van der Waals surface area (Å²) in [5.41, 5.74) is 2.38. The maximum Gasteiger partial charge on any atom is 0.231 e. The molecule has 2 aromatic rings. The molecular weight excluding hydrogens is 200 g/mol. The van der Waals surface area contributed by atoms with Gasteiger partial charge in [0.15, 0.2) is 0 Å². The average Bonchev–Trinajstić information content (AvgIpc) is 2.69. The molecule has 0 saturated heterocycles. The van der Waals surface area contributed by atoms with Gasteiger partial charge in [-0.1, -0.05) is 12.1 Å². The van der Waals surface area contributed by atoms with Crippen LogP contribution < -0.4 is 9.80 Å². The van der Waals surface area contributed by atoms with E-state index in [2.05, 4.69) is 38.9 Å². The van der Waals surface area contributed by atoms with Crippen molar-refractivity contribution in [2.45, 2.75) is 0 Å². The first kappa shape index (κ1) is 9.15. The van der Waals surface area contributed by atoms with Gasteiger partial charge < -0.3 is 4.90 Å². The van der Waals surface area contributed by atoms with Gasteiger partial charge in [-0.3, -0.25) is 4.90 Å². The minimum absolute atomic E-state index is 0.749. The van der Waals surface area contributed by atoms with E-state index in [1.54, 1.807) is 12.4 Å². The maximum atomic E-state index is 4.28. The molecule has 16 heavy (non-hydrogen) atoms. The van der Waals surface area contributed by atoms with E-state index in [0.29, 0.717) is 0 Å².